The fraction of sp³-hybridized carbons (Fsp3) is 0.941. The Kier molecular flexibility index (Phi) is 6.99. The summed E-state index contributed by atoms with van der Waals surface area (Å²) < 4.78 is 5.22. The Labute approximate surface area is 125 Å². The average Bonchev–Trinajstić information content (AvgIpc) is 2.47. The molecular weight excluding hydrogens is 248 g/mol. The van der Waals surface area contributed by atoms with Crippen molar-refractivity contribution in [1.29, 1.82) is 5.26 Å². The highest BCUT2D eigenvalue weighted by Crippen LogP contribution is 2.43. The highest BCUT2D eigenvalue weighted by Gasteiger charge is 2.39. The van der Waals surface area contributed by atoms with E-state index >= 15 is 0 Å². The molecule has 3 atom stereocenters. The number of hydrogen-bond acceptors (Lipinski definition) is 3. The molecule has 1 saturated carbocycles. The lowest BCUT2D eigenvalue weighted by Gasteiger charge is -2.45. The van der Waals surface area contributed by atoms with Gasteiger partial charge in [0.15, 0.2) is 0 Å². The number of nitriles is 1. The van der Waals surface area contributed by atoms with Crippen molar-refractivity contribution in [2.24, 2.45) is 17.3 Å². The molecule has 3 unspecified atom stereocenters. The summed E-state index contributed by atoms with van der Waals surface area (Å²) in [4.78, 5) is 2.45. The Bertz CT molecular complexity index is 321. The summed E-state index contributed by atoms with van der Waals surface area (Å²) in [6, 6.07) is 2.96. The number of ether oxygens (including phenoxy) is 1. The molecule has 1 aliphatic carbocycles. The first kappa shape index (κ1) is 17.5. The first-order valence-electron chi connectivity index (χ1n) is 8.12. The molecule has 1 rings (SSSR count). The fourth-order valence-corrected chi connectivity index (χ4v) is 3.47. The molecule has 3 heteroatoms. The van der Waals surface area contributed by atoms with Gasteiger partial charge in [-0.25, -0.2) is 0 Å². The Morgan fingerprint density at radius 3 is 2.50 bits per heavy atom. The van der Waals surface area contributed by atoms with Gasteiger partial charge >= 0.3 is 0 Å². The zero-order valence-electron chi connectivity index (χ0n) is 14.0. The predicted molar refractivity (Wildman–Crippen MR) is 83.4 cm³/mol. The molecule has 0 N–H and O–H groups in total. The molecule has 20 heavy (non-hydrogen) atoms. The maximum absolute atomic E-state index is 9.47. The number of rotatable bonds is 7. The van der Waals surface area contributed by atoms with Crippen molar-refractivity contribution in [2.45, 2.75) is 59.4 Å². The van der Waals surface area contributed by atoms with Crippen LogP contribution in [0.3, 0.4) is 0 Å². The summed E-state index contributed by atoms with van der Waals surface area (Å²) in [5, 5.41) is 9.47. The van der Waals surface area contributed by atoms with E-state index in [9.17, 15) is 5.26 Å². The monoisotopic (exact) mass is 280 g/mol. The molecule has 3 nitrogen and oxygen atoms in total. The molecule has 0 spiro atoms. The van der Waals surface area contributed by atoms with Gasteiger partial charge in [0.1, 0.15) is 0 Å². The fourth-order valence-electron chi connectivity index (χ4n) is 3.47. The van der Waals surface area contributed by atoms with Crippen molar-refractivity contribution in [2.75, 3.05) is 26.8 Å². The van der Waals surface area contributed by atoms with E-state index in [-0.39, 0.29) is 5.92 Å². The minimum atomic E-state index is 0.190. The Morgan fingerprint density at radius 1 is 1.30 bits per heavy atom. The van der Waals surface area contributed by atoms with Crippen molar-refractivity contribution in [3.8, 4) is 6.07 Å². The minimum Gasteiger partial charge on any atom is -0.383 e. The van der Waals surface area contributed by atoms with Crippen LogP contribution >= 0.6 is 0 Å². The van der Waals surface area contributed by atoms with Crippen LogP contribution in [0.25, 0.3) is 0 Å². The number of hydrogen-bond donors (Lipinski definition) is 0. The van der Waals surface area contributed by atoms with Crippen LogP contribution in [-0.4, -0.2) is 37.7 Å². The summed E-state index contributed by atoms with van der Waals surface area (Å²) in [5.41, 5.74) is 0.388. The quantitative estimate of drug-likeness (QED) is 0.713. The highest BCUT2D eigenvalue weighted by atomic mass is 16.5. The summed E-state index contributed by atoms with van der Waals surface area (Å²) in [7, 11) is 1.75. The van der Waals surface area contributed by atoms with Gasteiger partial charge in [0, 0.05) is 19.7 Å². The van der Waals surface area contributed by atoms with Gasteiger partial charge in [-0.1, -0.05) is 34.1 Å². The molecule has 0 radical (unpaired) electrons. The maximum Gasteiger partial charge on any atom is 0.0672 e. The first-order valence-corrected chi connectivity index (χ1v) is 8.12. The van der Waals surface area contributed by atoms with Crippen LogP contribution in [0.4, 0.5) is 0 Å². The van der Waals surface area contributed by atoms with Gasteiger partial charge in [-0.05, 0) is 37.1 Å². The second-order valence-corrected chi connectivity index (χ2v) is 6.78. The van der Waals surface area contributed by atoms with Gasteiger partial charge in [0.05, 0.1) is 18.6 Å². The van der Waals surface area contributed by atoms with Crippen LogP contribution in [0.1, 0.15) is 53.4 Å². The van der Waals surface area contributed by atoms with Crippen molar-refractivity contribution < 1.29 is 4.74 Å². The topological polar surface area (TPSA) is 36.3 Å². The predicted octanol–water partition coefficient (Wildman–Crippen LogP) is 3.70. The Hall–Kier alpha value is -0.590. The van der Waals surface area contributed by atoms with E-state index in [0.29, 0.717) is 11.5 Å². The van der Waals surface area contributed by atoms with E-state index < -0.39 is 0 Å². The molecule has 0 aromatic carbocycles. The summed E-state index contributed by atoms with van der Waals surface area (Å²) >= 11 is 0. The maximum atomic E-state index is 9.47. The average molecular weight is 280 g/mol. The zero-order valence-corrected chi connectivity index (χ0v) is 14.0. The zero-order chi connectivity index (χ0) is 15.2. The Balaban J connectivity index is 2.79. The van der Waals surface area contributed by atoms with Crippen LogP contribution in [-0.2, 0) is 4.74 Å². The third-order valence-electron chi connectivity index (χ3n) is 5.46. The van der Waals surface area contributed by atoms with Crippen molar-refractivity contribution in [3.05, 3.63) is 0 Å². The lowest BCUT2D eigenvalue weighted by atomic mass is 9.66. The molecule has 0 amide bonds. The highest BCUT2D eigenvalue weighted by molar-refractivity contribution is 4.99. The van der Waals surface area contributed by atoms with Crippen LogP contribution < -0.4 is 0 Å². The van der Waals surface area contributed by atoms with Crippen LogP contribution in [0.5, 0.6) is 0 Å². The standard InChI is InChI=1S/C17H32N2O/c1-6-17(3,4)15-9-8-14(13-18)16(12-15)19(7-2)10-11-20-5/h14-16H,6-12H2,1-5H3. The van der Waals surface area contributed by atoms with Gasteiger partial charge in [0.2, 0.25) is 0 Å². The summed E-state index contributed by atoms with van der Waals surface area (Å²) in [5.74, 6) is 0.925. The second kappa shape index (κ2) is 8.00. The van der Waals surface area contributed by atoms with Crippen molar-refractivity contribution >= 4 is 0 Å². The van der Waals surface area contributed by atoms with Crippen molar-refractivity contribution in [1.82, 2.24) is 4.90 Å². The smallest absolute Gasteiger partial charge is 0.0672 e. The largest absolute Gasteiger partial charge is 0.383 e. The minimum absolute atomic E-state index is 0.190. The van der Waals surface area contributed by atoms with E-state index in [0.717, 1.165) is 38.5 Å². The molecular formula is C17H32N2O. The molecule has 0 aromatic heterocycles. The molecule has 0 aromatic rings. The van der Waals surface area contributed by atoms with E-state index in [1.54, 1.807) is 7.11 Å². The molecule has 0 heterocycles. The number of likely N-dealkylation sites (N-methyl/N-ethyl adjacent to an activating group) is 1. The van der Waals surface area contributed by atoms with Crippen molar-refractivity contribution in [3.63, 3.8) is 0 Å². The molecule has 0 saturated heterocycles. The molecule has 116 valence electrons. The van der Waals surface area contributed by atoms with Gasteiger partial charge in [0.25, 0.3) is 0 Å². The van der Waals surface area contributed by atoms with Crippen LogP contribution in [0.2, 0.25) is 0 Å². The molecule has 1 aliphatic rings. The lowest BCUT2D eigenvalue weighted by Crippen LogP contribution is -2.47. The normalized spacial score (nSPS) is 27.6. The van der Waals surface area contributed by atoms with Gasteiger partial charge in [-0.15, -0.1) is 0 Å². The van der Waals surface area contributed by atoms with E-state index in [4.69, 9.17) is 4.74 Å². The van der Waals surface area contributed by atoms with Gasteiger partial charge in [-0.3, -0.25) is 4.90 Å². The van der Waals surface area contributed by atoms with E-state index in [2.05, 4.69) is 38.7 Å². The molecule has 0 aliphatic heterocycles. The molecule has 0 bridgehead atoms. The molecule has 1 fully saturated rings. The van der Waals surface area contributed by atoms with Crippen LogP contribution in [0.15, 0.2) is 0 Å². The lowest BCUT2D eigenvalue weighted by molar-refractivity contribution is 0.0400. The SMILES string of the molecule is CCN(CCOC)C1CC(C(C)(C)CC)CCC1C#N. The summed E-state index contributed by atoms with van der Waals surface area (Å²) in [6.07, 6.45) is 4.64. The van der Waals surface area contributed by atoms with Gasteiger partial charge in [-0.2, -0.15) is 5.26 Å². The second-order valence-electron chi connectivity index (χ2n) is 6.78. The Morgan fingerprint density at radius 2 is 2.00 bits per heavy atom. The third-order valence-corrected chi connectivity index (χ3v) is 5.46. The number of methoxy groups -OCH3 is 1. The number of nitrogens with zero attached hydrogens (tertiary/aromatic N) is 2. The summed E-state index contributed by atoms with van der Waals surface area (Å²) in [6.45, 7) is 11.9. The van der Waals surface area contributed by atoms with Gasteiger partial charge < -0.3 is 4.74 Å². The van der Waals surface area contributed by atoms with Crippen LogP contribution in [0, 0.1) is 28.6 Å². The third kappa shape index (κ3) is 4.20. The van der Waals surface area contributed by atoms with E-state index in [1.165, 1.54) is 12.8 Å². The van der Waals surface area contributed by atoms with E-state index in [1.807, 2.05) is 0 Å². The first-order chi connectivity index (χ1) is 9.50.